The monoisotopic (exact) mass is 753 g/mol. The Kier molecular flexibility index (Phi) is 9.04. The summed E-state index contributed by atoms with van der Waals surface area (Å²) in [7, 11) is 0. The molecule has 0 unspecified atom stereocenters. The highest BCUT2D eigenvalue weighted by atomic mass is 15.0. The van der Waals surface area contributed by atoms with E-state index in [1.54, 1.807) is 24.3 Å². The molecule has 0 N–H and O–H groups in total. The SMILES string of the molecule is [C-]#[N+]c1ccc(-c2cc(-c3nc(-c4ccccc4)cc(-c4ccccc4)n3)cc(-c3ccc(C#N)cc3C#N)c2-n2c3ccc(C)cc3c3cc(C)ccc32)c(C#N)c1. The van der Waals surface area contributed by atoms with Gasteiger partial charge in [0.25, 0.3) is 0 Å². The standard InChI is InChI=1S/C52H31N7/c1-32-14-20-49-43(22-32)44-23-33(2)15-21-50(44)59(49)51-45(41-18-16-34(29-53)24-38(41)30-54)26-37(27-46(51)42-19-17-40(56-3)25-39(42)31-55)52-57-47(35-10-6-4-7-11-35)28-48(58-52)36-12-8-5-9-13-36/h4-28H,1-2H3. The number of fused-ring (bicyclic) bond motifs is 3. The average Bonchev–Trinajstić information content (AvgIpc) is 3.60. The Hall–Kier alpha value is -8.62. The van der Waals surface area contributed by atoms with Crippen molar-refractivity contribution in [2.45, 2.75) is 13.8 Å². The molecule has 7 nitrogen and oxygen atoms in total. The molecule has 0 spiro atoms. The maximum Gasteiger partial charge on any atom is 0.188 e. The minimum atomic E-state index is 0.314. The van der Waals surface area contributed by atoms with Crippen LogP contribution in [-0.2, 0) is 0 Å². The molecule has 7 aromatic carbocycles. The molecule has 0 bridgehead atoms. The summed E-state index contributed by atoms with van der Waals surface area (Å²) >= 11 is 0. The number of rotatable bonds is 6. The lowest BCUT2D eigenvalue weighted by atomic mass is 9.88. The summed E-state index contributed by atoms with van der Waals surface area (Å²) in [5.41, 5.74) is 12.6. The highest BCUT2D eigenvalue weighted by Crippen LogP contribution is 2.46. The normalized spacial score (nSPS) is 10.8. The minimum absolute atomic E-state index is 0.314. The van der Waals surface area contributed by atoms with E-state index in [0.717, 1.165) is 61.1 Å². The molecule has 7 heteroatoms. The molecule has 0 radical (unpaired) electrons. The molecule has 2 heterocycles. The van der Waals surface area contributed by atoms with Gasteiger partial charge < -0.3 is 4.57 Å². The predicted octanol–water partition coefficient (Wildman–Crippen LogP) is 12.7. The van der Waals surface area contributed by atoms with E-state index < -0.39 is 0 Å². The summed E-state index contributed by atoms with van der Waals surface area (Å²) < 4.78 is 2.21. The Morgan fingerprint density at radius 2 is 1.03 bits per heavy atom. The molecule has 9 rings (SSSR count). The van der Waals surface area contributed by atoms with Gasteiger partial charge in [-0.15, -0.1) is 0 Å². The van der Waals surface area contributed by atoms with Gasteiger partial charge in [0.05, 0.1) is 64.0 Å². The quantitative estimate of drug-likeness (QED) is 0.157. The maximum atomic E-state index is 10.7. The van der Waals surface area contributed by atoms with Crippen LogP contribution in [0.3, 0.4) is 0 Å². The third-order valence-electron chi connectivity index (χ3n) is 10.6. The Labute approximate surface area is 341 Å². The van der Waals surface area contributed by atoms with E-state index in [1.807, 2.05) is 91.0 Å². The number of benzene rings is 7. The van der Waals surface area contributed by atoms with Crippen molar-refractivity contribution in [2.24, 2.45) is 0 Å². The van der Waals surface area contributed by atoms with Gasteiger partial charge in [0.2, 0.25) is 0 Å². The van der Waals surface area contributed by atoms with E-state index in [0.29, 0.717) is 56.0 Å². The summed E-state index contributed by atoms with van der Waals surface area (Å²) in [6.07, 6.45) is 0. The zero-order valence-electron chi connectivity index (χ0n) is 32.1. The van der Waals surface area contributed by atoms with Crippen molar-refractivity contribution in [3.63, 3.8) is 0 Å². The second-order valence-corrected chi connectivity index (χ2v) is 14.4. The van der Waals surface area contributed by atoms with Gasteiger partial charge in [-0.3, -0.25) is 0 Å². The highest BCUT2D eigenvalue weighted by molar-refractivity contribution is 6.11. The number of hydrogen-bond acceptors (Lipinski definition) is 5. The summed E-state index contributed by atoms with van der Waals surface area (Å²) in [6, 6.07) is 55.9. The average molecular weight is 754 g/mol. The molecule has 0 atom stereocenters. The van der Waals surface area contributed by atoms with Crippen molar-refractivity contribution in [1.29, 1.82) is 15.8 Å². The van der Waals surface area contributed by atoms with E-state index in [2.05, 4.69) is 77.9 Å². The second kappa shape index (κ2) is 14.8. The lowest BCUT2D eigenvalue weighted by Crippen LogP contribution is -2.04. The van der Waals surface area contributed by atoms with Crippen molar-refractivity contribution in [3.8, 4) is 80.1 Å². The largest absolute Gasteiger partial charge is 0.308 e. The number of nitriles is 3. The van der Waals surface area contributed by atoms with Crippen molar-refractivity contribution < 1.29 is 0 Å². The zero-order chi connectivity index (χ0) is 40.6. The number of aryl methyl sites for hydroxylation is 2. The number of nitrogens with zero attached hydrogens (tertiary/aromatic N) is 7. The Balaban J connectivity index is 1.48. The second-order valence-electron chi connectivity index (χ2n) is 14.4. The van der Waals surface area contributed by atoms with Gasteiger partial charge in [0, 0.05) is 49.7 Å². The topological polar surface area (TPSA) is 106 Å². The third-order valence-corrected chi connectivity index (χ3v) is 10.6. The molecule has 9 aromatic rings. The molecule has 0 aliphatic heterocycles. The smallest absolute Gasteiger partial charge is 0.188 e. The van der Waals surface area contributed by atoms with Gasteiger partial charge in [-0.1, -0.05) is 102 Å². The summed E-state index contributed by atoms with van der Waals surface area (Å²) in [6.45, 7) is 11.9. The van der Waals surface area contributed by atoms with Crippen molar-refractivity contribution in [1.82, 2.24) is 14.5 Å². The van der Waals surface area contributed by atoms with E-state index >= 15 is 0 Å². The molecule has 0 saturated carbocycles. The molecule has 0 aliphatic rings. The van der Waals surface area contributed by atoms with Gasteiger partial charge in [0.1, 0.15) is 0 Å². The van der Waals surface area contributed by atoms with Crippen molar-refractivity contribution in [2.75, 3.05) is 0 Å². The first-order chi connectivity index (χ1) is 28.9. The summed E-state index contributed by atoms with van der Waals surface area (Å²) in [5.74, 6) is 0.441. The first-order valence-corrected chi connectivity index (χ1v) is 18.9. The van der Waals surface area contributed by atoms with Gasteiger partial charge in [-0.25, -0.2) is 14.8 Å². The molecule has 2 aromatic heterocycles. The van der Waals surface area contributed by atoms with Crippen LogP contribution < -0.4 is 0 Å². The lowest BCUT2D eigenvalue weighted by Gasteiger charge is -2.22. The molecule has 0 fully saturated rings. The van der Waals surface area contributed by atoms with Gasteiger partial charge >= 0.3 is 0 Å². The lowest BCUT2D eigenvalue weighted by molar-refractivity contribution is 1.16. The Morgan fingerprint density at radius 3 is 1.54 bits per heavy atom. The van der Waals surface area contributed by atoms with E-state index in [9.17, 15) is 15.8 Å². The molecule has 59 heavy (non-hydrogen) atoms. The molecular formula is C52H31N7. The van der Waals surface area contributed by atoms with Crippen LogP contribution in [0.5, 0.6) is 0 Å². The zero-order valence-corrected chi connectivity index (χ0v) is 32.1. The Morgan fingerprint density at radius 1 is 0.508 bits per heavy atom. The van der Waals surface area contributed by atoms with Crippen LogP contribution in [0.4, 0.5) is 5.69 Å². The van der Waals surface area contributed by atoms with Crippen LogP contribution in [0.15, 0.2) is 152 Å². The van der Waals surface area contributed by atoms with E-state index in [1.165, 1.54) is 0 Å². The van der Waals surface area contributed by atoms with Gasteiger partial charge in [-0.05, 0) is 80.1 Å². The van der Waals surface area contributed by atoms with E-state index in [4.69, 9.17) is 16.5 Å². The fourth-order valence-electron chi connectivity index (χ4n) is 7.87. The number of hydrogen-bond donors (Lipinski definition) is 0. The van der Waals surface area contributed by atoms with Crippen LogP contribution in [0.1, 0.15) is 27.8 Å². The van der Waals surface area contributed by atoms with Crippen molar-refractivity contribution >= 4 is 27.5 Å². The molecule has 274 valence electrons. The van der Waals surface area contributed by atoms with Crippen LogP contribution >= 0.6 is 0 Å². The Bertz CT molecular complexity index is 3120. The molecular weight excluding hydrogens is 723 g/mol. The fraction of sp³-hybridized carbons (Fsp3) is 0.0385. The van der Waals surface area contributed by atoms with Gasteiger partial charge in [0.15, 0.2) is 11.5 Å². The van der Waals surface area contributed by atoms with Crippen molar-refractivity contribution in [3.05, 3.63) is 191 Å². The minimum Gasteiger partial charge on any atom is -0.308 e. The fourth-order valence-corrected chi connectivity index (χ4v) is 7.87. The first kappa shape index (κ1) is 36.0. The van der Waals surface area contributed by atoms with Crippen LogP contribution in [0.25, 0.3) is 88.5 Å². The summed E-state index contributed by atoms with van der Waals surface area (Å²) in [4.78, 5) is 14.0. The summed E-state index contributed by atoms with van der Waals surface area (Å²) in [5, 5.41) is 33.4. The van der Waals surface area contributed by atoms with E-state index in [-0.39, 0.29) is 0 Å². The van der Waals surface area contributed by atoms with Crippen LogP contribution in [0, 0.1) is 54.4 Å². The predicted molar refractivity (Wildman–Crippen MR) is 233 cm³/mol. The molecule has 0 saturated heterocycles. The maximum absolute atomic E-state index is 10.7. The highest BCUT2D eigenvalue weighted by Gasteiger charge is 2.25. The number of aromatic nitrogens is 3. The third kappa shape index (κ3) is 6.42. The molecule has 0 aliphatic carbocycles. The van der Waals surface area contributed by atoms with Crippen LogP contribution in [0.2, 0.25) is 0 Å². The first-order valence-electron chi connectivity index (χ1n) is 18.9. The molecule has 0 amide bonds. The van der Waals surface area contributed by atoms with Gasteiger partial charge in [-0.2, -0.15) is 15.8 Å². The van der Waals surface area contributed by atoms with Crippen LogP contribution in [-0.4, -0.2) is 14.5 Å².